The number of halogens is 3. The van der Waals surface area contributed by atoms with Crippen LogP contribution in [-0.4, -0.2) is 11.2 Å². The van der Waals surface area contributed by atoms with Gasteiger partial charge < -0.3 is 9.84 Å². The van der Waals surface area contributed by atoms with Gasteiger partial charge in [-0.2, -0.15) is 0 Å². The van der Waals surface area contributed by atoms with Gasteiger partial charge in [-0.3, -0.25) is 0 Å². The summed E-state index contributed by atoms with van der Waals surface area (Å²) in [7, 11) is 0. The lowest BCUT2D eigenvalue weighted by molar-refractivity contribution is 0.208. The number of benzene rings is 2. The third kappa shape index (κ3) is 3.03. The fourth-order valence-electron chi connectivity index (χ4n) is 2.09. The van der Waals surface area contributed by atoms with E-state index in [4.69, 9.17) is 4.74 Å². The summed E-state index contributed by atoms with van der Waals surface area (Å²) < 4.78 is 45.7. The van der Waals surface area contributed by atoms with E-state index in [9.17, 15) is 18.3 Å². The van der Waals surface area contributed by atoms with E-state index in [0.717, 1.165) is 12.8 Å². The minimum atomic E-state index is -1.50. The van der Waals surface area contributed by atoms with E-state index in [1.165, 1.54) is 12.1 Å². The van der Waals surface area contributed by atoms with Crippen LogP contribution in [0.25, 0.3) is 0 Å². The van der Waals surface area contributed by atoms with Gasteiger partial charge in [0, 0.05) is 12.1 Å². The van der Waals surface area contributed by atoms with Gasteiger partial charge in [0.05, 0.1) is 11.7 Å². The molecule has 0 aliphatic heterocycles. The van der Waals surface area contributed by atoms with Crippen molar-refractivity contribution in [2.75, 3.05) is 0 Å². The average molecular weight is 294 g/mol. The van der Waals surface area contributed by atoms with E-state index < -0.39 is 29.1 Å². The molecular weight excluding hydrogens is 281 g/mol. The van der Waals surface area contributed by atoms with Gasteiger partial charge in [0.1, 0.15) is 29.3 Å². The van der Waals surface area contributed by atoms with E-state index >= 15 is 0 Å². The van der Waals surface area contributed by atoms with E-state index in [1.807, 2.05) is 0 Å². The van der Waals surface area contributed by atoms with E-state index in [1.54, 1.807) is 12.1 Å². The van der Waals surface area contributed by atoms with Crippen LogP contribution in [0, 0.1) is 17.5 Å². The van der Waals surface area contributed by atoms with Crippen LogP contribution in [0.15, 0.2) is 36.4 Å². The van der Waals surface area contributed by atoms with Gasteiger partial charge >= 0.3 is 0 Å². The Balaban J connectivity index is 1.85. The molecule has 0 amide bonds. The number of rotatable bonds is 4. The van der Waals surface area contributed by atoms with Crippen LogP contribution in [0.1, 0.15) is 30.1 Å². The molecule has 21 heavy (non-hydrogen) atoms. The Morgan fingerprint density at radius 2 is 1.57 bits per heavy atom. The topological polar surface area (TPSA) is 29.5 Å². The second kappa shape index (κ2) is 5.41. The maximum Gasteiger partial charge on any atom is 0.135 e. The summed E-state index contributed by atoms with van der Waals surface area (Å²) in [5.41, 5.74) is -0.255. The number of hydrogen-bond acceptors (Lipinski definition) is 2. The number of aliphatic hydroxyl groups is 1. The maximum atomic E-state index is 13.6. The van der Waals surface area contributed by atoms with E-state index in [2.05, 4.69) is 0 Å². The van der Waals surface area contributed by atoms with Crippen LogP contribution < -0.4 is 4.74 Å². The number of aliphatic hydroxyl groups excluding tert-OH is 1. The first-order chi connectivity index (χ1) is 10.0. The zero-order valence-electron chi connectivity index (χ0n) is 11.0. The number of hydrogen-bond donors (Lipinski definition) is 1. The second-order valence-electron chi connectivity index (χ2n) is 5.07. The first kappa shape index (κ1) is 13.9. The summed E-state index contributed by atoms with van der Waals surface area (Å²) in [6, 6.07) is 7.43. The Labute approximate surface area is 119 Å². The Morgan fingerprint density at radius 3 is 2.10 bits per heavy atom. The van der Waals surface area contributed by atoms with Crippen molar-refractivity contribution in [2.24, 2.45) is 0 Å². The Hall–Kier alpha value is -2.01. The van der Waals surface area contributed by atoms with Crippen LogP contribution >= 0.6 is 0 Å². The summed E-state index contributed by atoms with van der Waals surface area (Å²) >= 11 is 0. The van der Waals surface area contributed by atoms with Gasteiger partial charge in [-0.1, -0.05) is 12.1 Å². The van der Waals surface area contributed by atoms with Crippen LogP contribution in [-0.2, 0) is 0 Å². The summed E-state index contributed by atoms with van der Waals surface area (Å²) in [6.07, 6.45) is 0.792. The molecule has 2 aromatic carbocycles. The van der Waals surface area contributed by atoms with Crippen molar-refractivity contribution in [1.29, 1.82) is 0 Å². The minimum absolute atomic E-state index is 0.243. The van der Waals surface area contributed by atoms with Gasteiger partial charge in [-0.25, -0.2) is 13.2 Å². The van der Waals surface area contributed by atoms with Gasteiger partial charge in [-0.05, 0) is 30.5 Å². The average Bonchev–Trinajstić information content (AvgIpc) is 3.22. The highest BCUT2D eigenvalue weighted by atomic mass is 19.1. The molecule has 0 bridgehead atoms. The van der Waals surface area contributed by atoms with Gasteiger partial charge in [0.15, 0.2) is 0 Å². The zero-order chi connectivity index (χ0) is 15.0. The molecule has 1 fully saturated rings. The second-order valence-corrected chi connectivity index (χ2v) is 5.07. The summed E-state index contributed by atoms with van der Waals surface area (Å²) in [6.45, 7) is 0. The highest BCUT2D eigenvalue weighted by Crippen LogP contribution is 2.30. The lowest BCUT2D eigenvalue weighted by atomic mass is 10.0. The Morgan fingerprint density at radius 1 is 1.00 bits per heavy atom. The van der Waals surface area contributed by atoms with Crippen molar-refractivity contribution in [3.63, 3.8) is 0 Å². The summed E-state index contributed by atoms with van der Waals surface area (Å²) in [5, 5.41) is 10.1. The Kier molecular flexibility index (Phi) is 3.59. The van der Waals surface area contributed by atoms with E-state index in [-0.39, 0.29) is 6.10 Å². The zero-order valence-corrected chi connectivity index (χ0v) is 11.0. The summed E-state index contributed by atoms with van der Waals surface area (Å²) in [4.78, 5) is 0. The third-order valence-electron chi connectivity index (χ3n) is 3.34. The SMILES string of the molecule is OC(c1ccc(OC2CC2)cc1)c1c(F)cc(F)cc1F. The normalized spacial score (nSPS) is 15.8. The molecule has 1 atom stereocenters. The molecule has 0 aromatic heterocycles. The van der Waals surface area contributed by atoms with Crippen molar-refractivity contribution < 1.29 is 23.0 Å². The van der Waals surface area contributed by atoms with Gasteiger partial charge in [-0.15, -0.1) is 0 Å². The first-order valence-electron chi connectivity index (χ1n) is 6.63. The molecule has 1 aliphatic carbocycles. The fraction of sp³-hybridized carbons (Fsp3) is 0.250. The molecule has 0 saturated heterocycles. The molecule has 0 heterocycles. The third-order valence-corrected chi connectivity index (χ3v) is 3.34. The molecule has 2 aromatic rings. The predicted octanol–water partition coefficient (Wildman–Crippen LogP) is 3.73. The van der Waals surface area contributed by atoms with Crippen molar-refractivity contribution >= 4 is 0 Å². The standard InChI is InChI=1S/C16H13F3O2/c17-10-7-13(18)15(14(19)8-10)16(20)9-1-3-11(4-2-9)21-12-5-6-12/h1-4,7-8,12,16,20H,5-6H2. The lowest BCUT2D eigenvalue weighted by Crippen LogP contribution is -2.07. The van der Waals surface area contributed by atoms with Crippen LogP contribution in [0.4, 0.5) is 13.2 Å². The van der Waals surface area contributed by atoms with Crippen molar-refractivity contribution in [3.8, 4) is 5.75 Å². The smallest absolute Gasteiger partial charge is 0.135 e. The largest absolute Gasteiger partial charge is 0.490 e. The minimum Gasteiger partial charge on any atom is -0.490 e. The van der Waals surface area contributed by atoms with Crippen LogP contribution in [0.2, 0.25) is 0 Å². The van der Waals surface area contributed by atoms with Crippen LogP contribution in [0.5, 0.6) is 5.75 Å². The fourth-order valence-corrected chi connectivity index (χ4v) is 2.09. The van der Waals surface area contributed by atoms with E-state index in [0.29, 0.717) is 23.4 Å². The molecule has 1 aliphatic rings. The summed E-state index contributed by atoms with van der Waals surface area (Å²) in [5.74, 6) is -2.60. The lowest BCUT2D eigenvalue weighted by Gasteiger charge is -2.14. The Bertz CT molecular complexity index is 628. The quantitative estimate of drug-likeness (QED) is 0.931. The maximum absolute atomic E-state index is 13.6. The molecule has 0 radical (unpaired) electrons. The van der Waals surface area contributed by atoms with Crippen molar-refractivity contribution in [3.05, 3.63) is 65.0 Å². The van der Waals surface area contributed by atoms with Gasteiger partial charge in [0.2, 0.25) is 0 Å². The molecule has 1 N–H and O–H groups in total. The molecule has 3 rings (SSSR count). The predicted molar refractivity (Wildman–Crippen MR) is 70.5 cm³/mol. The monoisotopic (exact) mass is 294 g/mol. The van der Waals surface area contributed by atoms with Crippen molar-refractivity contribution in [1.82, 2.24) is 0 Å². The highest BCUT2D eigenvalue weighted by molar-refractivity contribution is 5.35. The molecule has 5 heteroatoms. The van der Waals surface area contributed by atoms with Gasteiger partial charge in [0.25, 0.3) is 0 Å². The molecule has 110 valence electrons. The highest BCUT2D eigenvalue weighted by Gasteiger charge is 2.24. The molecule has 0 spiro atoms. The molecular formula is C16H13F3O2. The first-order valence-corrected chi connectivity index (χ1v) is 6.63. The number of ether oxygens (including phenoxy) is 1. The molecule has 1 saturated carbocycles. The van der Waals surface area contributed by atoms with Crippen LogP contribution in [0.3, 0.4) is 0 Å². The molecule has 1 unspecified atom stereocenters. The molecule has 2 nitrogen and oxygen atoms in total. The van der Waals surface area contributed by atoms with Crippen molar-refractivity contribution in [2.45, 2.75) is 25.0 Å².